The number of hydrogen-bond donors (Lipinski definition) is 2. The van der Waals surface area contributed by atoms with Crippen LogP contribution in [0.2, 0.25) is 0 Å². The molecule has 3 aromatic rings. The molecule has 4 amide bonds. The van der Waals surface area contributed by atoms with Crippen LogP contribution in [0.5, 0.6) is 0 Å². The first-order valence-electron chi connectivity index (χ1n) is 13.9. The summed E-state index contributed by atoms with van der Waals surface area (Å²) in [4.78, 5) is 42.3. The third kappa shape index (κ3) is 5.74. The van der Waals surface area contributed by atoms with E-state index in [9.17, 15) is 23.2 Å². The normalized spacial score (nSPS) is 16.7. The van der Waals surface area contributed by atoms with Gasteiger partial charge in [0.15, 0.2) is 0 Å². The molecule has 2 aliphatic rings. The number of anilines is 1. The van der Waals surface area contributed by atoms with Gasteiger partial charge in [0.2, 0.25) is 0 Å². The average molecular weight is 579 g/mol. The van der Waals surface area contributed by atoms with Crippen LogP contribution in [-0.4, -0.2) is 77.8 Å². The number of rotatable bonds is 7. The Kier molecular flexibility index (Phi) is 7.80. The lowest BCUT2D eigenvalue weighted by Gasteiger charge is -2.56. The highest BCUT2D eigenvalue weighted by Gasteiger charge is 2.62. The second-order valence-corrected chi connectivity index (χ2v) is 11.5. The van der Waals surface area contributed by atoms with E-state index >= 15 is 0 Å². The molecule has 0 atom stereocenters. The average Bonchev–Trinajstić information content (AvgIpc) is 3.38. The van der Waals surface area contributed by atoms with Crippen molar-refractivity contribution in [2.45, 2.75) is 43.9 Å². The first-order valence-corrected chi connectivity index (χ1v) is 13.9. The van der Waals surface area contributed by atoms with E-state index in [1.54, 1.807) is 64.6 Å². The topological polar surface area (TPSA) is 89.9 Å². The van der Waals surface area contributed by atoms with E-state index in [0.29, 0.717) is 36.6 Å². The van der Waals surface area contributed by atoms with Crippen molar-refractivity contribution in [3.05, 3.63) is 88.7 Å². The predicted octanol–water partition coefficient (Wildman–Crippen LogP) is 4.35. The SMILES string of the molecule is CN(C)C(=O)Nc1ccc(CNC(=O)c2ccc3n2CCN(Cc2ccc(C(=O)N(C)C)cc2)C32CC(F)(F)C2)cc1. The lowest BCUT2D eigenvalue weighted by Crippen LogP contribution is -2.63. The maximum Gasteiger partial charge on any atom is 0.321 e. The van der Waals surface area contributed by atoms with Gasteiger partial charge in [-0.05, 0) is 47.5 Å². The van der Waals surface area contributed by atoms with Crippen molar-refractivity contribution in [3.63, 3.8) is 0 Å². The van der Waals surface area contributed by atoms with E-state index < -0.39 is 11.5 Å². The molecule has 2 aromatic carbocycles. The van der Waals surface area contributed by atoms with Crippen LogP contribution in [0.4, 0.5) is 19.3 Å². The van der Waals surface area contributed by atoms with Crippen LogP contribution in [0.15, 0.2) is 60.7 Å². The quantitative estimate of drug-likeness (QED) is 0.436. The molecule has 9 nitrogen and oxygen atoms in total. The van der Waals surface area contributed by atoms with Gasteiger partial charge < -0.3 is 25.0 Å². The molecule has 1 fully saturated rings. The van der Waals surface area contributed by atoms with Gasteiger partial charge in [-0.1, -0.05) is 24.3 Å². The number of amides is 4. The first-order chi connectivity index (χ1) is 19.9. The zero-order valence-corrected chi connectivity index (χ0v) is 24.3. The van der Waals surface area contributed by atoms with Gasteiger partial charge in [0.1, 0.15) is 5.69 Å². The van der Waals surface area contributed by atoms with Gasteiger partial charge in [-0.15, -0.1) is 0 Å². The molecule has 5 rings (SSSR count). The minimum Gasteiger partial charge on any atom is -0.347 e. The summed E-state index contributed by atoms with van der Waals surface area (Å²) in [6, 6.07) is 17.7. The Balaban J connectivity index is 1.28. The second kappa shape index (κ2) is 11.2. The van der Waals surface area contributed by atoms with Crippen molar-refractivity contribution in [1.82, 2.24) is 24.6 Å². The standard InChI is InChI=1S/C31H36F2N6O3/c1-36(2)28(41)23-9-5-22(6-10-23)18-38-15-16-39-25(13-14-26(39)30(38)19-31(32,33)20-30)27(40)34-17-21-7-11-24(12-8-21)35-29(42)37(3)4/h5-14H,15-20H2,1-4H3,(H,34,40)(H,35,42). The molecule has 42 heavy (non-hydrogen) atoms. The Labute approximate surface area is 244 Å². The van der Waals surface area contributed by atoms with Crippen molar-refractivity contribution in [3.8, 4) is 0 Å². The summed E-state index contributed by atoms with van der Waals surface area (Å²) < 4.78 is 30.7. The molecule has 0 saturated heterocycles. The number of nitrogens with one attached hydrogen (secondary N) is 2. The van der Waals surface area contributed by atoms with Gasteiger partial charge in [0.05, 0.1) is 5.54 Å². The molecule has 1 spiro atoms. The molecule has 1 aromatic heterocycles. The van der Waals surface area contributed by atoms with Crippen LogP contribution in [0.25, 0.3) is 0 Å². The number of fused-ring (bicyclic) bond motifs is 2. The van der Waals surface area contributed by atoms with Crippen LogP contribution in [0.1, 0.15) is 50.5 Å². The number of hydrogen-bond acceptors (Lipinski definition) is 4. The molecule has 1 aliphatic heterocycles. The maximum absolute atomic E-state index is 14.4. The molecule has 2 N–H and O–H groups in total. The number of urea groups is 1. The highest BCUT2D eigenvalue weighted by molar-refractivity contribution is 5.94. The molecular weight excluding hydrogens is 542 g/mol. The van der Waals surface area contributed by atoms with Gasteiger partial charge in [0, 0.05) is 84.2 Å². The van der Waals surface area contributed by atoms with Crippen LogP contribution in [0.3, 0.4) is 0 Å². The number of carbonyl (C=O) groups excluding carboxylic acids is 3. The van der Waals surface area contributed by atoms with Crippen LogP contribution in [0, 0.1) is 0 Å². The van der Waals surface area contributed by atoms with Crippen molar-refractivity contribution in [2.24, 2.45) is 0 Å². The van der Waals surface area contributed by atoms with Gasteiger partial charge in [0.25, 0.3) is 17.7 Å². The maximum atomic E-state index is 14.4. The molecule has 0 radical (unpaired) electrons. The molecular formula is C31H36F2N6O3. The molecule has 1 aliphatic carbocycles. The molecule has 2 heterocycles. The summed E-state index contributed by atoms with van der Waals surface area (Å²) in [7, 11) is 6.70. The Bertz CT molecular complexity index is 1470. The van der Waals surface area contributed by atoms with Crippen LogP contribution < -0.4 is 10.6 Å². The third-order valence-corrected chi connectivity index (χ3v) is 8.04. The van der Waals surface area contributed by atoms with E-state index in [1.165, 1.54) is 9.80 Å². The van der Waals surface area contributed by atoms with E-state index in [-0.39, 0.29) is 37.2 Å². The minimum atomic E-state index is -2.77. The van der Waals surface area contributed by atoms with Crippen LogP contribution >= 0.6 is 0 Å². The Morgan fingerprint density at radius 3 is 2.07 bits per heavy atom. The summed E-state index contributed by atoms with van der Waals surface area (Å²) in [5.74, 6) is -3.14. The lowest BCUT2D eigenvalue weighted by atomic mass is 9.68. The Hall–Kier alpha value is -4.25. The number of alkyl halides is 2. The van der Waals surface area contributed by atoms with E-state index in [4.69, 9.17) is 0 Å². The largest absolute Gasteiger partial charge is 0.347 e. The number of halogens is 2. The molecule has 1 saturated carbocycles. The number of carbonyl (C=O) groups is 3. The van der Waals surface area contributed by atoms with Crippen molar-refractivity contribution < 1.29 is 23.2 Å². The molecule has 11 heteroatoms. The van der Waals surface area contributed by atoms with Crippen molar-refractivity contribution in [1.29, 1.82) is 0 Å². The molecule has 0 unspecified atom stereocenters. The first kappa shape index (κ1) is 29.2. The van der Waals surface area contributed by atoms with Gasteiger partial charge in [-0.2, -0.15) is 0 Å². The van der Waals surface area contributed by atoms with Crippen molar-refractivity contribution in [2.75, 3.05) is 40.1 Å². The monoisotopic (exact) mass is 578 g/mol. The number of nitrogens with zero attached hydrogens (tertiary/aromatic N) is 4. The fraction of sp³-hybridized carbons (Fsp3) is 0.387. The predicted molar refractivity (Wildman–Crippen MR) is 155 cm³/mol. The van der Waals surface area contributed by atoms with Gasteiger partial charge in [-0.3, -0.25) is 14.5 Å². The van der Waals surface area contributed by atoms with Crippen molar-refractivity contribution >= 4 is 23.5 Å². The zero-order valence-electron chi connectivity index (χ0n) is 24.3. The Morgan fingerprint density at radius 2 is 1.48 bits per heavy atom. The Morgan fingerprint density at radius 1 is 0.833 bits per heavy atom. The summed E-state index contributed by atoms with van der Waals surface area (Å²) in [5.41, 5.74) is 3.32. The summed E-state index contributed by atoms with van der Waals surface area (Å²) in [6.45, 7) is 1.75. The zero-order chi connectivity index (χ0) is 30.2. The summed E-state index contributed by atoms with van der Waals surface area (Å²) in [6.07, 6.45) is -0.613. The second-order valence-electron chi connectivity index (χ2n) is 11.5. The van der Waals surface area contributed by atoms with Gasteiger partial charge >= 0.3 is 6.03 Å². The molecule has 0 bridgehead atoms. The third-order valence-electron chi connectivity index (χ3n) is 8.04. The summed E-state index contributed by atoms with van der Waals surface area (Å²) >= 11 is 0. The minimum absolute atomic E-state index is 0.0937. The summed E-state index contributed by atoms with van der Waals surface area (Å²) in [5, 5.41) is 5.70. The highest BCUT2D eigenvalue weighted by atomic mass is 19.3. The number of benzene rings is 2. The smallest absolute Gasteiger partial charge is 0.321 e. The number of aromatic nitrogens is 1. The van der Waals surface area contributed by atoms with Gasteiger partial charge in [-0.25, -0.2) is 13.6 Å². The fourth-order valence-corrected chi connectivity index (χ4v) is 5.79. The highest BCUT2D eigenvalue weighted by Crippen LogP contribution is 2.57. The van der Waals surface area contributed by atoms with E-state index in [1.807, 2.05) is 28.8 Å². The fourth-order valence-electron chi connectivity index (χ4n) is 5.79. The van der Waals surface area contributed by atoms with E-state index in [0.717, 1.165) is 16.8 Å². The molecule has 222 valence electrons. The lowest BCUT2D eigenvalue weighted by molar-refractivity contribution is -0.192. The van der Waals surface area contributed by atoms with E-state index in [2.05, 4.69) is 15.5 Å². The van der Waals surface area contributed by atoms with Crippen LogP contribution in [-0.2, 0) is 25.2 Å².